The summed E-state index contributed by atoms with van der Waals surface area (Å²) in [5, 5.41) is 3.13. The molecule has 3 heteroatoms. The lowest BCUT2D eigenvalue weighted by molar-refractivity contribution is 0.101. The van der Waals surface area contributed by atoms with Crippen LogP contribution in [0.15, 0.2) is 28.1 Å². The summed E-state index contributed by atoms with van der Waals surface area (Å²) in [5.74, 6) is 0.125. The van der Waals surface area contributed by atoms with Gasteiger partial charge in [-0.25, -0.2) is 0 Å². The lowest BCUT2D eigenvalue weighted by Crippen LogP contribution is -1.90. The average molecular weight is 255 g/mol. The van der Waals surface area contributed by atoms with Crippen molar-refractivity contribution in [1.82, 2.24) is 0 Å². The average Bonchev–Trinajstić information content (AvgIpc) is 2.48. The Balaban J connectivity index is 2.84. The van der Waals surface area contributed by atoms with Crippen LogP contribution in [0.4, 0.5) is 0 Å². The van der Waals surface area contributed by atoms with Gasteiger partial charge in [-0.3, -0.25) is 4.79 Å². The number of ketones is 1. The molecule has 0 amide bonds. The maximum atomic E-state index is 11.3. The molecule has 0 saturated carbocycles. The van der Waals surface area contributed by atoms with Crippen LogP contribution in [0.3, 0.4) is 0 Å². The van der Waals surface area contributed by atoms with Gasteiger partial charge in [-0.15, -0.1) is 11.3 Å². The van der Waals surface area contributed by atoms with Crippen LogP contribution in [-0.2, 0) is 0 Å². The summed E-state index contributed by atoms with van der Waals surface area (Å²) in [6, 6.07) is 5.80. The monoisotopic (exact) mass is 254 g/mol. The number of thiophene rings is 1. The number of fused-ring (bicyclic) bond motifs is 1. The van der Waals surface area contributed by atoms with E-state index in [9.17, 15) is 4.79 Å². The molecule has 0 aliphatic heterocycles. The van der Waals surface area contributed by atoms with Crippen molar-refractivity contribution in [2.24, 2.45) is 0 Å². The molecule has 66 valence electrons. The van der Waals surface area contributed by atoms with E-state index in [1.165, 1.54) is 0 Å². The largest absolute Gasteiger partial charge is 0.294 e. The zero-order valence-corrected chi connectivity index (χ0v) is 9.41. The van der Waals surface area contributed by atoms with Crippen LogP contribution in [0.25, 0.3) is 10.1 Å². The Kier molecular flexibility index (Phi) is 2.22. The number of Topliss-reactive ketones (excluding diaryl/α,β-unsaturated/α-hetero) is 1. The molecule has 1 nitrogen and oxygen atoms in total. The minimum Gasteiger partial charge on any atom is -0.294 e. The van der Waals surface area contributed by atoms with Gasteiger partial charge in [0.25, 0.3) is 0 Å². The van der Waals surface area contributed by atoms with Gasteiger partial charge in [-0.2, -0.15) is 0 Å². The van der Waals surface area contributed by atoms with E-state index >= 15 is 0 Å². The first kappa shape index (κ1) is 8.91. The quantitative estimate of drug-likeness (QED) is 0.707. The molecule has 2 aromatic rings. The highest BCUT2D eigenvalue weighted by molar-refractivity contribution is 9.10. The minimum atomic E-state index is 0.125. The molecule has 0 unspecified atom stereocenters. The van der Waals surface area contributed by atoms with Crippen molar-refractivity contribution in [1.29, 1.82) is 0 Å². The number of carbonyl (C=O) groups is 1. The van der Waals surface area contributed by atoms with Crippen molar-refractivity contribution in [3.8, 4) is 0 Å². The Morgan fingerprint density at radius 3 is 2.92 bits per heavy atom. The second-order valence-electron chi connectivity index (χ2n) is 2.82. The van der Waals surface area contributed by atoms with Crippen LogP contribution in [0, 0.1) is 0 Å². The van der Waals surface area contributed by atoms with E-state index in [1.54, 1.807) is 18.3 Å². The first-order valence-electron chi connectivity index (χ1n) is 3.87. The highest BCUT2D eigenvalue weighted by Gasteiger charge is 2.08. The van der Waals surface area contributed by atoms with Gasteiger partial charge < -0.3 is 0 Å². The smallest absolute Gasteiger partial charge is 0.161 e. The van der Waals surface area contributed by atoms with Crippen molar-refractivity contribution in [2.45, 2.75) is 6.92 Å². The number of rotatable bonds is 1. The van der Waals surface area contributed by atoms with Crippen molar-refractivity contribution in [3.63, 3.8) is 0 Å². The van der Waals surface area contributed by atoms with Crippen LogP contribution in [0.1, 0.15) is 17.3 Å². The Morgan fingerprint density at radius 1 is 1.46 bits per heavy atom. The molecule has 0 aliphatic rings. The molecule has 1 heterocycles. The fourth-order valence-corrected chi connectivity index (χ4v) is 3.04. The number of benzene rings is 1. The Labute approximate surface area is 88.5 Å². The molecular weight excluding hydrogens is 248 g/mol. The maximum Gasteiger partial charge on any atom is 0.161 e. The summed E-state index contributed by atoms with van der Waals surface area (Å²) in [6.45, 7) is 1.60. The summed E-state index contributed by atoms with van der Waals surface area (Å²) in [6.07, 6.45) is 0. The molecule has 0 saturated heterocycles. The molecule has 1 aromatic heterocycles. The van der Waals surface area contributed by atoms with E-state index in [0.717, 1.165) is 20.1 Å². The second kappa shape index (κ2) is 3.24. The fourth-order valence-electron chi connectivity index (χ4n) is 1.30. The van der Waals surface area contributed by atoms with Crippen LogP contribution in [0.5, 0.6) is 0 Å². The minimum absolute atomic E-state index is 0.125. The summed E-state index contributed by atoms with van der Waals surface area (Å²) in [4.78, 5) is 11.3. The molecule has 0 radical (unpaired) electrons. The molecule has 0 spiro atoms. The van der Waals surface area contributed by atoms with Crippen LogP contribution < -0.4 is 0 Å². The fraction of sp³-hybridized carbons (Fsp3) is 0.100. The second-order valence-corrected chi connectivity index (χ2v) is 4.56. The summed E-state index contributed by atoms with van der Waals surface area (Å²) in [7, 11) is 0. The normalized spacial score (nSPS) is 10.6. The highest BCUT2D eigenvalue weighted by atomic mass is 79.9. The third kappa shape index (κ3) is 1.42. The van der Waals surface area contributed by atoms with E-state index in [0.29, 0.717) is 0 Å². The number of hydrogen-bond donors (Lipinski definition) is 0. The number of halogens is 1. The van der Waals surface area contributed by atoms with Gasteiger partial charge in [0.15, 0.2) is 5.78 Å². The zero-order chi connectivity index (χ0) is 9.42. The Morgan fingerprint density at radius 2 is 2.23 bits per heavy atom. The first-order valence-corrected chi connectivity index (χ1v) is 5.54. The Bertz CT molecular complexity index is 473. The standard InChI is InChI=1S/C10H7BrOS/c1-6(12)7-3-2-4-8-9(11)5-13-10(7)8/h2-5H,1H3. The summed E-state index contributed by atoms with van der Waals surface area (Å²) < 4.78 is 2.14. The summed E-state index contributed by atoms with van der Waals surface area (Å²) in [5.41, 5.74) is 0.813. The van der Waals surface area contributed by atoms with Crippen LogP contribution in [0.2, 0.25) is 0 Å². The lowest BCUT2D eigenvalue weighted by Gasteiger charge is -1.96. The van der Waals surface area contributed by atoms with Crippen molar-refractivity contribution >= 4 is 43.1 Å². The first-order chi connectivity index (χ1) is 6.20. The SMILES string of the molecule is CC(=O)c1cccc2c(Br)csc12. The van der Waals surface area contributed by atoms with Gasteiger partial charge >= 0.3 is 0 Å². The van der Waals surface area contributed by atoms with Crippen molar-refractivity contribution in [3.05, 3.63) is 33.6 Å². The van der Waals surface area contributed by atoms with E-state index in [1.807, 2.05) is 23.6 Å². The third-order valence-electron chi connectivity index (χ3n) is 1.93. The molecule has 0 aliphatic carbocycles. The molecule has 0 fully saturated rings. The molecule has 0 N–H and O–H groups in total. The molecule has 13 heavy (non-hydrogen) atoms. The lowest BCUT2D eigenvalue weighted by atomic mass is 10.1. The van der Waals surface area contributed by atoms with Crippen LogP contribution in [-0.4, -0.2) is 5.78 Å². The van der Waals surface area contributed by atoms with Gasteiger partial charge in [0.2, 0.25) is 0 Å². The third-order valence-corrected chi connectivity index (χ3v) is 3.92. The van der Waals surface area contributed by atoms with Gasteiger partial charge in [-0.1, -0.05) is 12.1 Å². The van der Waals surface area contributed by atoms with E-state index < -0.39 is 0 Å². The van der Waals surface area contributed by atoms with Gasteiger partial charge in [0.1, 0.15) is 0 Å². The predicted octanol–water partition coefficient (Wildman–Crippen LogP) is 3.87. The van der Waals surface area contributed by atoms with E-state index in [2.05, 4.69) is 15.9 Å². The Hall–Kier alpha value is -0.670. The molecule has 0 bridgehead atoms. The topological polar surface area (TPSA) is 17.1 Å². The summed E-state index contributed by atoms with van der Waals surface area (Å²) >= 11 is 5.05. The van der Waals surface area contributed by atoms with Gasteiger partial charge in [-0.05, 0) is 28.9 Å². The van der Waals surface area contributed by atoms with E-state index in [-0.39, 0.29) is 5.78 Å². The van der Waals surface area contributed by atoms with Crippen LogP contribution >= 0.6 is 27.3 Å². The molecule has 0 atom stereocenters. The molecule has 2 rings (SSSR count). The van der Waals surface area contributed by atoms with E-state index in [4.69, 9.17) is 0 Å². The number of hydrogen-bond acceptors (Lipinski definition) is 2. The molecule has 1 aromatic carbocycles. The van der Waals surface area contributed by atoms with Crippen molar-refractivity contribution in [2.75, 3.05) is 0 Å². The van der Waals surface area contributed by atoms with Gasteiger partial charge in [0.05, 0.1) is 0 Å². The van der Waals surface area contributed by atoms with Gasteiger partial charge in [0, 0.05) is 25.5 Å². The molecular formula is C10H7BrOS. The maximum absolute atomic E-state index is 11.3. The zero-order valence-electron chi connectivity index (χ0n) is 7.00. The highest BCUT2D eigenvalue weighted by Crippen LogP contribution is 2.32. The number of carbonyl (C=O) groups excluding carboxylic acids is 1. The van der Waals surface area contributed by atoms with Crippen molar-refractivity contribution < 1.29 is 4.79 Å². The predicted molar refractivity (Wildman–Crippen MR) is 59.5 cm³/mol.